The van der Waals surface area contributed by atoms with E-state index in [1.54, 1.807) is 12.1 Å². The van der Waals surface area contributed by atoms with E-state index in [9.17, 15) is 14.9 Å². The number of hydrogen-bond acceptors (Lipinski definition) is 5. The summed E-state index contributed by atoms with van der Waals surface area (Å²) in [7, 11) is 1.33. The van der Waals surface area contributed by atoms with Crippen molar-refractivity contribution in [1.82, 2.24) is 10.2 Å². The van der Waals surface area contributed by atoms with Crippen LogP contribution >= 0.6 is 0 Å². The number of benzene rings is 1. The van der Waals surface area contributed by atoms with E-state index in [2.05, 4.69) is 15.0 Å². The van der Waals surface area contributed by atoms with Gasteiger partial charge in [-0.1, -0.05) is 19.1 Å². The molecule has 1 atom stereocenters. The highest BCUT2D eigenvalue weighted by molar-refractivity contribution is 5.66. The zero-order valence-electron chi connectivity index (χ0n) is 12.5. The van der Waals surface area contributed by atoms with Crippen LogP contribution in [0, 0.1) is 10.1 Å². The van der Waals surface area contributed by atoms with Crippen LogP contribution in [0.2, 0.25) is 0 Å². The number of ether oxygens (including phenoxy) is 1. The number of rotatable bonds is 7. The smallest absolute Gasteiger partial charge is 0.406 e. The van der Waals surface area contributed by atoms with Gasteiger partial charge >= 0.3 is 6.09 Å². The standard InChI is InChI=1S/C14H21N3O4/c1-4-16(10-9-15-14(18)21-3)11(2)12-5-7-13(8-6-12)17(19)20/h5-8,11H,4,9-10H2,1-3H3,(H,15,18). The molecule has 0 aliphatic carbocycles. The molecule has 0 radical (unpaired) electrons. The fourth-order valence-corrected chi connectivity index (χ4v) is 2.08. The number of hydrogen-bond donors (Lipinski definition) is 1. The number of nitro benzene ring substituents is 1. The van der Waals surface area contributed by atoms with Crippen LogP contribution in [0.1, 0.15) is 25.5 Å². The summed E-state index contributed by atoms with van der Waals surface area (Å²) >= 11 is 0. The van der Waals surface area contributed by atoms with Crippen molar-refractivity contribution in [3.8, 4) is 0 Å². The topological polar surface area (TPSA) is 84.7 Å². The van der Waals surface area contributed by atoms with Gasteiger partial charge in [0.25, 0.3) is 5.69 Å². The third-order valence-corrected chi connectivity index (χ3v) is 3.39. The molecule has 116 valence electrons. The Labute approximate surface area is 124 Å². The summed E-state index contributed by atoms with van der Waals surface area (Å²) in [6.07, 6.45) is -0.450. The third kappa shape index (κ3) is 5.03. The van der Waals surface area contributed by atoms with Crippen molar-refractivity contribution >= 4 is 11.8 Å². The summed E-state index contributed by atoms with van der Waals surface area (Å²) in [5, 5.41) is 13.3. The van der Waals surface area contributed by atoms with Crippen molar-refractivity contribution < 1.29 is 14.5 Å². The molecule has 0 saturated carbocycles. The number of amides is 1. The largest absolute Gasteiger partial charge is 0.453 e. The lowest BCUT2D eigenvalue weighted by Gasteiger charge is -2.28. The van der Waals surface area contributed by atoms with E-state index in [0.29, 0.717) is 13.1 Å². The zero-order chi connectivity index (χ0) is 15.8. The van der Waals surface area contributed by atoms with E-state index in [1.807, 2.05) is 13.8 Å². The van der Waals surface area contributed by atoms with E-state index >= 15 is 0 Å². The number of nitrogens with one attached hydrogen (secondary N) is 1. The second-order valence-corrected chi connectivity index (χ2v) is 4.57. The number of carbonyl (C=O) groups is 1. The van der Waals surface area contributed by atoms with Crippen molar-refractivity contribution in [2.75, 3.05) is 26.7 Å². The number of carbonyl (C=O) groups excluding carboxylic acids is 1. The predicted molar refractivity (Wildman–Crippen MR) is 79.2 cm³/mol. The van der Waals surface area contributed by atoms with E-state index in [1.165, 1.54) is 19.2 Å². The van der Waals surface area contributed by atoms with Gasteiger partial charge < -0.3 is 10.1 Å². The summed E-state index contributed by atoms with van der Waals surface area (Å²) < 4.78 is 4.51. The number of alkyl carbamates (subject to hydrolysis) is 1. The Morgan fingerprint density at radius 3 is 2.52 bits per heavy atom. The molecule has 1 amide bonds. The van der Waals surface area contributed by atoms with Crippen LogP contribution in [0.25, 0.3) is 0 Å². The Kier molecular flexibility index (Phi) is 6.61. The first-order valence-electron chi connectivity index (χ1n) is 6.79. The van der Waals surface area contributed by atoms with Crippen LogP contribution in [-0.4, -0.2) is 42.7 Å². The first-order valence-corrected chi connectivity index (χ1v) is 6.79. The van der Waals surface area contributed by atoms with E-state index in [4.69, 9.17) is 0 Å². The summed E-state index contributed by atoms with van der Waals surface area (Å²) in [6, 6.07) is 6.65. The molecule has 1 rings (SSSR count). The molecule has 0 fully saturated rings. The number of likely N-dealkylation sites (N-methyl/N-ethyl adjacent to an activating group) is 1. The summed E-state index contributed by atoms with van der Waals surface area (Å²) in [4.78, 5) is 23.4. The molecule has 1 unspecified atom stereocenters. The summed E-state index contributed by atoms with van der Waals surface area (Å²) in [5.74, 6) is 0. The Morgan fingerprint density at radius 1 is 1.43 bits per heavy atom. The SMILES string of the molecule is CCN(CCNC(=O)OC)C(C)c1ccc([N+](=O)[O-])cc1. The number of non-ortho nitro benzene ring substituents is 1. The summed E-state index contributed by atoms with van der Waals surface area (Å²) in [6.45, 7) is 6.02. The predicted octanol–water partition coefficient (Wildman–Crippen LogP) is 2.33. The molecule has 0 aliphatic rings. The third-order valence-electron chi connectivity index (χ3n) is 3.39. The highest BCUT2D eigenvalue weighted by Crippen LogP contribution is 2.22. The molecule has 7 nitrogen and oxygen atoms in total. The van der Waals surface area contributed by atoms with Crippen molar-refractivity contribution in [3.05, 3.63) is 39.9 Å². The second-order valence-electron chi connectivity index (χ2n) is 4.57. The average molecular weight is 295 g/mol. The average Bonchev–Trinajstić information content (AvgIpc) is 2.50. The van der Waals surface area contributed by atoms with Gasteiger partial charge in [0, 0.05) is 31.3 Å². The fourth-order valence-electron chi connectivity index (χ4n) is 2.08. The van der Waals surface area contributed by atoms with Gasteiger partial charge in [-0.05, 0) is 19.0 Å². The van der Waals surface area contributed by atoms with E-state index in [0.717, 1.165) is 12.1 Å². The van der Waals surface area contributed by atoms with Crippen LogP contribution in [0.15, 0.2) is 24.3 Å². The minimum absolute atomic E-state index is 0.0846. The van der Waals surface area contributed by atoms with Gasteiger partial charge in [0.2, 0.25) is 0 Å². The van der Waals surface area contributed by atoms with Gasteiger partial charge in [-0.25, -0.2) is 4.79 Å². The van der Waals surface area contributed by atoms with E-state index in [-0.39, 0.29) is 11.7 Å². The molecule has 1 aromatic rings. The molecule has 0 aromatic heterocycles. The Bertz CT molecular complexity index is 476. The van der Waals surface area contributed by atoms with Gasteiger partial charge in [0.05, 0.1) is 12.0 Å². The molecule has 1 N–H and O–H groups in total. The summed E-state index contributed by atoms with van der Waals surface area (Å²) in [5.41, 5.74) is 1.09. The van der Waals surface area contributed by atoms with Crippen LogP contribution in [0.5, 0.6) is 0 Å². The first kappa shape index (κ1) is 16.9. The maximum Gasteiger partial charge on any atom is 0.406 e. The normalized spacial score (nSPS) is 12.0. The molecule has 0 saturated heterocycles. The van der Waals surface area contributed by atoms with Gasteiger partial charge in [0.15, 0.2) is 0 Å². The van der Waals surface area contributed by atoms with Gasteiger partial charge in [0.1, 0.15) is 0 Å². The van der Waals surface area contributed by atoms with Crippen LogP contribution in [0.3, 0.4) is 0 Å². The molecule has 0 bridgehead atoms. The maximum absolute atomic E-state index is 11.0. The number of nitrogens with zero attached hydrogens (tertiary/aromatic N) is 2. The molecule has 21 heavy (non-hydrogen) atoms. The van der Waals surface area contributed by atoms with Crippen LogP contribution in [0.4, 0.5) is 10.5 Å². The first-order chi connectivity index (χ1) is 9.99. The van der Waals surface area contributed by atoms with Crippen molar-refractivity contribution in [3.63, 3.8) is 0 Å². The molecule has 1 aromatic carbocycles. The molecular formula is C14H21N3O4. The Morgan fingerprint density at radius 2 is 2.05 bits per heavy atom. The number of methoxy groups -OCH3 is 1. The Hall–Kier alpha value is -2.15. The lowest BCUT2D eigenvalue weighted by molar-refractivity contribution is -0.384. The molecular weight excluding hydrogens is 274 g/mol. The fraction of sp³-hybridized carbons (Fsp3) is 0.500. The van der Waals surface area contributed by atoms with Crippen molar-refractivity contribution in [2.24, 2.45) is 0 Å². The minimum atomic E-state index is -0.450. The highest BCUT2D eigenvalue weighted by Gasteiger charge is 2.15. The molecule has 0 aliphatic heterocycles. The lowest BCUT2D eigenvalue weighted by Crippen LogP contribution is -2.36. The van der Waals surface area contributed by atoms with Gasteiger partial charge in [-0.15, -0.1) is 0 Å². The van der Waals surface area contributed by atoms with Gasteiger partial charge in [-0.3, -0.25) is 15.0 Å². The second kappa shape index (κ2) is 8.21. The van der Waals surface area contributed by atoms with E-state index < -0.39 is 11.0 Å². The van der Waals surface area contributed by atoms with Crippen molar-refractivity contribution in [2.45, 2.75) is 19.9 Å². The quantitative estimate of drug-likeness (QED) is 0.616. The maximum atomic E-state index is 11.0. The molecule has 7 heteroatoms. The molecule has 0 heterocycles. The van der Waals surface area contributed by atoms with Gasteiger partial charge in [-0.2, -0.15) is 0 Å². The van der Waals surface area contributed by atoms with Crippen LogP contribution in [-0.2, 0) is 4.74 Å². The number of nitro groups is 1. The Balaban J connectivity index is 2.63. The monoisotopic (exact) mass is 295 g/mol. The van der Waals surface area contributed by atoms with Crippen molar-refractivity contribution in [1.29, 1.82) is 0 Å². The zero-order valence-corrected chi connectivity index (χ0v) is 12.5. The molecule has 0 spiro atoms. The minimum Gasteiger partial charge on any atom is -0.453 e. The highest BCUT2D eigenvalue weighted by atomic mass is 16.6. The van der Waals surface area contributed by atoms with Crippen LogP contribution < -0.4 is 5.32 Å². The lowest BCUT2D eigenvalue weighted by atomic mass is 10.1.